The molecular formula is C12H10Br2FN3O. The second-order valence-electron chi connectivity index (χ2n) is 3.73. The molecule has 0 aliphatic carbocycles. The summed E-state index contributed by atoms with van der Waals surface area (Å²) in [5, 5.41) is 6.54. The summed E-state index contributed by atoms with van der Waals surface area (Å²) in [6.45, 7) is 2.44. The average Bonchev–Trinajstić information content (AvgIpc) is 2.81. The van der Waals surface area contributed by atoms with Gasteiger partial charge in [-0.1, -0.05) is 15.9 Å². The summed E-state index contributed by atoms with van der Waals surface area (Å²) in [6, 6.07) is 4.54. The zero-order chi connectivity index (χ0) is 14.0. The summed E-state index contributed by atoms with van der Waals surface area (Å²) in [5.41, 5.74) is 0.494. The number of hydrogen-bond donors (Lipinski definition) is 1. The van der Waals surface area contributed by atoms with Crippen molar-refractivity contribution < 1.29 is 9.18 Å². The van der Waals surface area contributed by atoms with E-state index in [0.29, 0.717) is 21.2 Å². The fourth-order valence-corrected chi connectivity index (χ4v) is 2.89. The lowest BCUT2D eigenvalue weighted by Gasteiger charge is -2.10. The molecule has 2 aromatic rings. The summed E-state index contributed by atoms with van der Waals surface area (Å²) in [7, 11) is 0. The molecular weight excluding hydrogens is 381 g/mol. The third kappa shape index (κ3) is 3.03. The summed E-state index contributed by atoms with van der Waals surface area (Å²) in [5.74, 6) is -0.918. The van der Waals surface area contributed by atoms with Gasteiger partial charge in [0.2, 0.25) is 0 Å². The van der Waals surface area contributed by atoms with Gasteiger partial charge in [0.25, 0.3) is 5.91 Å². The van der Waals surface area contributed by atoms with Gasteiger partial charge in [-0.25, -0.2) is 4.39 Å². The number of rotatable bonds is 3. The van der Waals surface area contributed by atoms with Crippen LogP contribution in [-0.4, -0.2) is 15.7 Å². The monoisotopic (exact) mass is 389 g/mol. The number of halogens is 3. The van der Waals surface area contributed by atoms with Gasteiger partial charge in [-0.3, -0.25) is 9.48 Å². The van der Waals surface area contributed by atoms with Crippen molar-refractivity contribution >= 4 is 43.5 Å². The Balaban J connectivity index is 2.29. The van der Waals surface area contributed by atoms with Crippen LogP contribution in [0.1, 0.15) is 17.4 Å². The van der Waals surface area contributed by atoms with Gasteiger partial charge < -0.3 is 5.32 Å². The maximum atomic E-state index is 13.8. The zero-order valence-electron chi connectivity index (χ0n) is 9.95. The number of nitrogens with one attached hydrogen (secondary N) is 1. The van der Waals surface area contributed by atoms with E-state index in [-0.39, 0.29) is 5.69 Å². The molecule has 0 bridgehead atoms. The van der Waals surface area contributed by atoms with E-state index in [1.54, 1.807) is 16.8 Å². The van der Waals surface area contributed by atoms with E-state index in [1.165, 1.54) is 12.3 Å². The molecule has 0 saturated carbocycles. The Hall–Kier alpha value is -1.21. The summed E-state index contributed by atoms with van der Waals surface area (Å²) in [4.78, 5) is 12.1. The third-order valence-electron chi connectivity index (χ3n) is 2.49. The molecule has 0 atom stereocenters. The molecule has 4 nitrogen and oxygen atoms in total. The Morgan fingerprint density at radius 2 is 2.21 bits per heavy atom. The molecule has 0 radical (unpaired) electrons. The van der Waals surface area contributed by atoms with E-state index in [2.05, 4.69) is 42.3 Å². The largest absolute Gasteiger partial charge is 0.317 e. The van der Waals surface area contributed by atoms with Crippen molar-refractivity contribution in [2.24, 2.45) is 0 Å². The Bertz CT molecular complexity index is 604. The van der Waals surface area contributed by atoms with Gasteiger partial charge in [0.1, 0.15) is 11.5 Å². The van der Waals surface area contributed by atoms with Gasteiger partial charge >= 0.3 is 0 Å². The third-order valence-corrected chi connectivity index (χ3v) is 3.58. The van der Waals surface area contributed by atoms with Crippen LogP contribution in [0.4, 0.5) is 10.1 Å². The van der Waals surface area contributed by atoms with Crippen LogP contribution in [-0.2, 0) is 6.54 Å². The molecule has 19 heavy (non-hydrogen) atoms. The van der Waals surface area contributed by atoms with Gasteiger partial charge in [0.05, 0.1) is 5.69 Å². The minimum atomic E-state index is -0.517. The summed E-state index contributed by atoms with van der Waals surface area (Å²) < 4.78 is 16.4. The maximum absolute atomic E-state index is 13.8. The predicted molar refractivity (Wildman–Crippen MR) is 77.7 cm³/mol. The Kier molecular flexibility index (Phi) is 4.36. The fourth-order valence-electron chi connectivity index (χ4n) is 1.62. The molecule has 100 valence electrons. The van der Waals surface area contributed by atoms with E-state index in [0.717, 1.165) is 0 Å². The first-order chi connectivity index (χ1) is 9.02. The number of nitrogens with zero attached hydrogens (tertiary/aromatic N) is 2. The molecule has 0 unspecified atom stereocenters. The quantitative estimate of drug-likeness (QED) is 0.865. The number of carbonyl (C=O) groups is 1. The van der Waals surface area contributed by atoms with Crippen molar-refractivity contribution in [3.63, 3.8) is 0 Å². The number of amides is 1. The van der Waals surface area contributed by atoms with Crippen molar-refractivity contribution in [3.05, 3.63) is 44.9 Å². The number of hydrogen-bond acceptors (Lipinski definition) is 2. The van der Waals surface area contributed by atoms with Crippen molar-refractivity contribution in [1.82, 2.24) is 9.78 Å². The van der Waals surface area contributed by atoms with Crippen LogP contribution < -0.4 is 5.32 Å². The highest BCUT2D eigenvalue weighted by molar-refractivity contribution is 9.11. The molecule has 7 heteroatoms. The average molecular weight is 391 g/mol. The van der Waals surface area contributed by atoms with E-state index in [4.69, 9.17) is 0 Å². The molecule has 1 N–H and O–H groups in total. The van der Waals surface area contributed by atoms with Crippen molar-refractivity contribution in [2.75, 3.05) is 5.32 Å². The van der Waals surface area contributed by atoms with Crippen LogP contribution in [0.25, 0.3) is 0 Å². The lowest BCUT2D eigenvalue weighted by molar-refractivity contribution is 0.101. The molecule has 0 fully saturated rings. The first-order valence-electron chi connectivity index (χ1n) is 5.50. The van der Waals surface area contributed by atoms with Gasteiger partial charge in [-0.05, 0) is 41.1 Å². The first-order valence-corrected chi connectivity index (χ1v) is 7.09. The van der Waals surface area contributed by atoms with E-state index in [9.17, 15) is 9.18 Å². The van der Waals surface area contributed by atoms with Gasteiger partial charge in [0.15, 0.2) is 0 Å². The summed E-state index contributed by atoms with van der Waals surface area (Å²) >= 11 is 6.40. The van der Waals surface area contributed by atoms with Crippen LogP contribution in [0.5, 0.6) is 0 Å². The van der Waals surface area contributed by atoms with Crippen LogP contribution in [0.3, 0.4) is 0 Å². The van der Waals surface area contributed by atoms with Crippen LogP contribution in [0.2, 0.25) is 0 Å². The highest BCUT2D eigenvalue weighted by Crippen LogP contribution is 2.29. The molecule has 1 aromatic carbocycles. The second kappa shape index (κ2) is 5.83. The molecule has 0 spiro atoms. The lowest BCUT2D eigenvalue weighted by Crippen LogP contribution is -2.18. The maximum Gasteiger partial charge on any atom is 0.274 e. The van der Waals surface area contributed by atoms with E-state index in [1.807, 2.05) is 6.92 Å². The SMILES string of the molecule is CCn1nccc1C(=O)Nc1c(F)cc(Br)cc1Br. The second-order valence-corrected chi connectivity index (χ2v) is 5.50. The number of aryl methyl sites for hydroxylation is 1. The number of anilines is 1. The smallest absolute Gasteiger partial charge is 0.274 e. The van der Waals surface area contributed by atoms with Crippen molar-refractivity contribution in [2.45, 2.75) is 13.5 Å². The molecule has 1 heterocycles. The summed E-state index contributed by atoms with van der Waals surface area (Å²) in [6.07, 6.45) is 1.53. The molecule has 0 saturated heterocycles. The van der Waals surface area contributed by atoms with Crippen LogP contribution >= 0.6 is 31.9 Å². The number of aromatic nitrogens is 2. The van der Waals surface area contributed by atoms with Crippen molar-refractivity contribution in [1.29, 1.82) is 0 Å². The normalized spacial score (nSPS) is 10.5. The topological polar surface area (TPSA) is 46.9 Å². The Morgan fingerprint density at radius 1 is 1.47 bits per heavy atom. The Morgan fingerprint density at radius 3 is 2.84 bits per heavy atom. The standard InChI is InChI=1S/C12H10Br2FN3O/c1-2-18-10(3-4-16-18)12(19)17-11-8(14)5-7(13)6-9(11)15/h3-6H,2H2,1H3,(H,17,19). The first kappa shape index (κ1) is 14.2. The highest BCUT2D eigenvalue weighted by atomic mass is 79.9. The molecule has 1 aromatic heterocycles. The van der Waals surface area contributed by atoms with Crippen molar-refractivity contribution in [3.8, 4) is 0 Å². The molecule has 0 aliphatic rings. The van der Waals surface area contributed by atoms with Gasteiger partial charge in [-0.2, -0.15) is 5.10 Å². The van der Waals surface area contributed by atoms with Gasteiger partial charge in [0, 0.05) is 21.7 Å². The van der Waals surface area contributed by atoms with Gasteiger partial charge in [-0.15, -0.1) is 0 Å². The minimum absolute atomic E-state index is 0.108. The molecule has 0 aliphatic heterocycles. The molecule has 1 amide bonds. The Labute approximate surface area is 126 Å². The zero-order valence-corrected chi connectivity index (χ0v) is 13.1. The highest BCUT2D eigenvalue weighted by Gasteiger charge is 2.16. The van der Waals surface area contributed by atoms with Crippen LogP contribution in [0, 0.1) is 5.82 Å². The van der Waals surface area contributed by atoms with E-state index < -0.39 is 11.7 Å². The molecule has 2 rings (SSSR count). The number of carbonyl (C=O) groups excluding carboxylic acids is 1. The minimum Gasteiger partial charge on any atom is -0.317 e. The number of benzene rings is 1. The lowest BCUT2D eigenvalue weighted by atomic mass is 10.3. The predicted octanol–water partition coefficient (Wildman–Crippen LogP) is 3.82. The fraction of sp³-hybridized carbons (Fsp3) is 0.167. The van der Waals surface area contributed by atoms with Crippen LogP contribution in [0.15, 0.2) is 33.3 Å². The van der Waals surface area contributed by atoms with E-state index >= 15 is 0 Å².